The number of aromatic nitrogens is 1. The van der Waals surface area contributed by atoms with Gasteiger partial charge < -0.3 is 18.8 Å². The second-order valence-electron chi connectivity index (χ2n) is 6.89. The number of carbonyl (C=O) groups excluding carboxylic acids is 1. The molecule has 1 aromatic heterocycles. The predicted octanol–water partition coefficient (Wildman–Crippen LogP) is 5.28. The molecule has 4 aromatic rings. The first-order valence-electron chi connectivity index (χ1n) is 10.4. The molecule has 0 fully saturated rings. The first-order chi connectivity index (χ1) is 15.7. The fourth-order valence-electron chi connectivity index (χ4n) is 3.34. The molecule has 6 nitrogen and oxygen atoms in total. The summed E-state index contributed by atoms with van der Waals surface area (Å²) in [4.78, 5) is 18.3. The highest BCUT2D eigenvalue weighted by Gasteiger charge is 2.16. The van der Waals surface area contributed by atoms with Gasteiger partial charge in [0.2, 0.25) is 0 Å². The summed E-state index contributed by atoms with van der Waals surface area (Å²) in [6, 6.07) is 22.4. The minimum atomic E-state index is -0.368. The molecular formula is C25H24N2O4S. The molecule has 1 amide bonds. The Balaban J connectivity index is 1.78. The van der Waals surface area contributed by atoms with Crippen LogP contribution in [0.5, 0.6) is 17.2 Å². The lowest BCUT2D eigenvalue weighted by Gasteiger charge is -2.10. The quantitative estimate of drug-likeness (QED) is 0.368. The molecule has 0 spiro atoms. The standard InChI is InChI=1S/C25H24N2O4S/c1-3-30-21-14-9-15-22-23(21)27(16-17-29-2)25(32-22)26-24(28)19-12-7-8-13-20(19)31-18-10-5-4-6-11-18/h4-15H,3,16-17H2,1-2H3. The smallest absolute Gasteiger partial charge is 0.283 e. The van der Waals surface area contributed by atoms with Crippen LogP contribution < -0.4 is 14.3 Å². The zero-order chi connectivity index (χ0) is 22.3. The third kappa shape index (κ3) is 4.74. The zero-order valence-electron chi connectivity index (χ0n) is 18.0. The minimum absolute atomic E-state index is 0.368. The van der Waals surface area contributed by atoms with Crippen molar-refractivity contribution >= 4 is 27.5 Å². The second-order valence-corrected chi connectivity index (χ2v) is 7.90. The van der Waals surface area contributed by atoms with Crippen molar-refractivity contribution in [3.63, 3.8) is 0 Å². The number of nitrogens with zero attached hydrogens (tertiary/aromatic N) is 2. The number of methoxy groups -OCH3 is 1. The molecule has 0 N–H and O–H groups in total. The number of amides is 1. The van der Waals surface area contributed by atoms with Gasteiger partial charge in [-0.2, -0.15) is 4.99 Å². The van der Waals surface area contributed by atoms with Crippen LogP contribution in [0.3, 0.4) is 0 Å². The lowest BCUT2D eigenvalue weighted by Crippen LogP contribution is -2.20. The summed E-state index contributed by atoms with van der Waals surface area (Å²) < 4.78 is 20.0. The molecule has 0 bridgehead atoms. The minimum Gasteiger partial charge on any atom is -0.492 e. The molecule has 164 valence electrons. The van der Waals surface area contributed by atoms with Crippen LogP contribution in [0.2, 0.25) is 0 Å². The summed E-state index contributed by atoms with van der Waals surface area (Å²) in [5, 5.41) is 0. The van der Waals surface area contributed by atoms with Crippen molar-refractivity contribution in [2.45, 2.75) is 13.5 Å². The number of hydrogen-bond acceptors (Lipinski definition) is 5. The molecule has 0 atom stereocenters. The Kier molecular flexibility index (Phi) is 6.99. The van der Waals surface area contributed by atoms with E-state index in [1.54, 1.807) is 25.3 Å². The number of para-hydroxylation sites is 3. The van der Waals surface area contributed by atoms with Gasteiger partial charge in [-0.1, -0.05) is 47.7 Å². The van der Waals surface area contributed by atoms with Crippen molar-refractivity contribution in [1.82, 2.24) is 4.57 Å². The van der Waals surface area contributed by atoms with Gasteiger partial charge in [-0.05, 0) is 43.3 Å². The molecule has 32 heavy (non-hydrogen) atoms. The van der Waals surface area contributed by atoms with Gasteiger partial charge >= 0.3 is 0 Å². The van der Waals surface area contributed by atoms with Crippen molar-refractivity contribution in [2.75, 3.05) is 20.3 Å². The van der Waals surface area contributed by atoms with Crippen molar-refractivity contribution in [2.24, 2.45) is 4.99 Å². The molecule has 3 aromatic carbocycles. The molecule has 7 heteroatoms. The third-order valence-corrected chi connectivity index (χ3v) is 5.81. The maximum atomic E-state index is 13.2. The molecule has 0 saturated carbocycles. The number of hydrogen-bond donors (Lipinski definition) is 0. The number of carbonyl (C=O) groups is 1. The first-order valence-corrected chi connectivity index (χ1v) is 11.2. The Morgan fingerprint density at radius 2 is 1.72 bits per heavy atom. The monoisotopic (exact) mass is 448 g/mol. The van der Waals surface area contributed by atoms with E-state index in [2.05, 4.69) is 4.99 Å². The van der Waals surface area contributed by atoms with E-state index in [0.717, 1.165) is 16.0 Å². The van der Waals surface area contributed by atoms with Crippen molar-refractivity contribution < 1.29 is 19.0 Å². The molecule has 1 heterocycles. The molecule has 0 aliphatic heterocycles. The van der Waals surface area contributed by atoms with E-state index in [-0.39, 0.29) is 5.91 Å². The van der Waals surface area contributed by atoms with Gasteiger partial charge in [0, 0.05) is 13.7 Å². The fourth-order valence-corrected chi connectivity index (χ4v) is 4.41. The van der Waals surface area contributed by atoms with Crippen LogP contribution in [0, 0.1) is 0 Å². The number of ether oxygens (including phenoxy) is 3. The second kappa shape index (κ2) is 10.3. The average molecular weight is 449 g/mol. The third-order valence-electron chi connectivity index (χ3n) is 4.77. The van der Waals surface area contributed by atoms with E-state index in [9.17, 15) is 4.79 Å². The van der Waals surface area contributed by atoms with E-state index in [1.165, 1.54) is 11.3 Å². The van der Waals surface area contributed by atoms with Crippen molar-refractivity contribution in [3.05, 3.63) is 83.2 Å². The summed E-state index contributed by atoms with van der Waals surface area (Å²) in [6.07, 6.45) is 0. The molecule has 0 unspecified atom stereocenters. The zero-order valence-corrected chi connectivity index (χ0v) is 18.8. The normalized spacial score (nSPS) is 11.6. The van der Waals surface area contributed by atoms with Crippen LogP contribution in [0.25, 0.3) is 10.2 Å². The maximum Gasteiger partial charge on any atom is 0.283 e. The summed E-state index contributed by atoms with van der Waals surface area (Å²) in [6.45, 7) is 3.54. The summed E-state index contributed by atoms with van der Waals surface area (Å²) >= 11 is 1.45. The SMILES string of the molecule is CCOc1cccc2sc(=NC(=O)c3ccccc3Oc3ccccc3)n(CCOC)c12. The Morgan fingerprint density at radius 1 is 0.969 bits per heavy atom. The fraction of sp³-hybridized carbons (Fsp3) is 0.200. The van der Waals surface area contributed by atoms with Gasteiger partial charge in [0.1, 0.15) is 22.8 Å². The Hall–Kier alpha value is -3.42. The molecule has 0 radical (unpaired) electrons. The largest absolute Gasteiger partial charge is 0.492 e. The summed E-state index contributed by atoms with van der Waals surface area (Å²) in [5.74, 6) is 1.52. The Bertz CT molecular complexity index is 1280. The van der Waals surface area contributed by atoms with Crippen LogP contribution in [0.15, 0.2) is 77.8 Å². The van der Waals surface area contributed by atoms with Crippen LogP contribution in [-0.2, 0) is 11.3 Å². The molecular weight excluding hydrogens is 424 g/mol. The van der Waals surface area contributed by atoms with Gasteiger partial charge in [0.15, 0.2) is 4.80 Å². The van der Waals surface area contributed by atoms with Gasteiger partial charge in [-0.15, -0.1) is 0 Å². The van der Waals surface area contributed by atoms with Gasteiger partial charge in [0.25, 0.3) is 5.91 Å². The topological polar surface area (TPSA) is 62.0 Å². The first kappa shape index (κ1) is 21.8. The van der Waals surface area contributed by atoms with Crippen LogP contribution in [-0.4, -0.2) is 30.8 Å². The van der Waals surface area contributed by atoms with Crippen LogP contribution in [0.4, 0.5) is 0 Å². The summed E-state index contributed by atoms with van der Waals surface area (Å²) in [7, 11) is 1.65. The average Bonchev–Trinajstić information content (AvgIpc) is 3.16. The highest BCUT2D eigenvalue weighted by molar-refractivity contribution is 7.16. The van der Waals surface area contributed by atoms with Gasteiger partial charge in [-0.3, -0.25) is 4.79 Å². The highest BCUT2D eigenvalue weighted by Crippen LogP contribution is 2.28. The van der Waals surface area contributed by atoms with Crippen LogP contribution in [0.1, 0.15) is 17.3 Å². The number of thiazole rings is 1. The molecule has 0 aliphatic carbocycles. The van der Waals surface area contributed by atoms with E-state index < -0.39 is 0 Å². The molecule has 4 rings (SSSR count). The maximum absolute atomic E-state index is 13.2. The number of rotatable bonds is 8. The highest BCUT2D eigenvalue weighted by atomic mass is 32.1. The number of benzene rings is 3. The Morgan fingerprint density at radius 3 is 2.50 bits per heavy atom. The van der Waals surface area contributed by atoms with E-state index in [4.69, 9.17) is 14.2 Å². The Labute approximate surface area is 190 Å². The van der Waals surface area contributed by atoms with Gasteiger partial charge in [-0.25, -0.2) is 0 Å². The number of fused-ring (bicyclic) bond motifs is 1. The van der Waals surface area contributed by atoms with Crippen molar-refractivity contribution in [3.8, 4) is 17.2 Å². The van der Waals surface area contributed by atoms with E-state index in [0.29, 0.717) is 41.6 Å². The predicted molar refractivity (Wildman–Crippen MR) is 126 cm³/mol. The lowest BCUT2D eigenvalue weighted by molar-refractivity contribution is 0.0995. The van der Waals surface area contributed by atoms with Gasteiger partial charge in [0.05, 0.1) is 23.5 Å². The van der Waals surface area contributed by atoms with Crippen molar-refractivity contribution in [1.29, 1.82) is 0 Å². The lowest BCUT2D eigenvalue weighted by atomic mass is 10.2. The van der Waals surface area contributed by atoms with Crippen LogP contribution >= 0.6 is 11.3 Å². The summed E-state index contributed by atoms with van der Waals surface area (Å²) in [5.41, 5.74) is 1.31. The van der Waals surface area contributed by atoms with E-state index in [1.807, 2.05) is 66.1 Å². The molecule has 0 saturated heterocycles. The molecule has 0 aliphatic rings. The van der Waals surface area contributed by atoms with E-state index >= 15 is 0 Å².